The lowest BCUT2D eigenvalue weighted by Gasteiger charge is -2.04. The van der Waals surface area contributed by atoms with Crippen LogP contribution in [0.15, 0.2) is 53.0 Å². The second kappa shape index (κ2) is 6.37. The Morgan fingerprint density at radius 3 is 2.86 bits per heavy atom. The molecule has 0 spiro atoms. The predicted molar refractivity (Wildman–Crippen MR) is 90.7 cm³/mol. The summed E-state index contributed by atoms with van der Waals surface area (Å²) >= 11 is 5.04. The van der Waals surface area contributed by atoms with Crippen LogP contribution in [0.1, 0.15) is 11.4 Å². The molecule has 0 unspecified atom stereocenters. The third-order valence-electron chi connectivity index (χ3n) is 3.01. The Kier molecular flexibility index (Phi) is 4.31. The molecule has 1 aromatic heterocycles. The number of nitrogens with one attached hydrogen (secondary N) is 1. The smallest absolute Gasteiger partial charge is 0.224 e. The number of benzene rings is 2. The van der Waals surface area contributed by atoms with E-state index in [-0.39, 0.29) is 5.91 Å². The molecule has 0 aliphatic rings. The van der Waals surface area contributed by atoms with Gasteiger partial charge in [-0.25, -0.2) is 4.98 Å². The number of para-hydroxylation sites is 1. The summed E-state index contributed by atoms with van der Waals surface area (Å²) in [5, 5.41) is 3.90. The van der Waals surface area contributed by atoms with E-state index in [9.17, 15) is 4.79 Å². The van der Waals surface area contributed by atoms with E-state index in [1.807, 2.05) is 42.5 Å². The molecular formula is C16H13BrN2OS. The van der Waals surface area contributed by atoms with Crippen LogP contribution in [0.25, 0.3) is 10.2 Å². The Labute approximate surface area is 135 Å². The first-order valence-corrected chi connectivity index (χ1v) is 8.21. The number of anilines is 1. The van der Waals surface area contributed by atoms with Gasteiger partial charge in [0.25, 0.3) is 0 Å². The normalized spacial score (nSPS) is 10.7. The van der Waals surface area contributed by atoms with Gasteiger partial charge < -0.3 is 5.32 Å². The van der Waals surface area contributed by atoms with Gasteiger partial charge in [0.15, 0.2) is 0 Å². The van der Waals surface area contributed by atoms with Crippen molar-refractivity contribution in [3.63, 3.8) is 0 Å². The van der Waals surface area contributed by atoms with Crippen molar-refractivity contribution in [1.29, 1.82) is 0 Å². The van der Waals surface area contributed by atoms with Gasteiger partial charge in [-0.1, -0.05) is 34.1 Å². The van der Waals surface area contributed by atoms with Gasteiger partial charge in [0.1, 0.15) is 0 Å². The minimum Gasteiger partial charge on any atom is -0.326 e. The van der Waals surface area contributed by atoms with Gasteiger partial charge in [0, 0.05) is 23.0 Å². The summed E-state index contributed by atoms with van der Waals surface area (Å²) in [6.07, 6.45) is 1.10. The number of rotatable bonds is 4. The number of aryl methyl sites for hydroxylation is 1. The van der Waals surface area contributed by atoms with Crippen molar-refractivity contribution in [2.75, 3.05) is 5.32 Å². The van der Waals surface area contributed by atoms with Crippen LogP contribution in [0.4, 0.5) is 5.69 Å². The number of hydrogen-bond acceptors (Lipinski definition) is 3. The zero-order valence-electron chi connectivity index (χ0n) is 11.2. The van der Waals surface area contributed by atoms with Crippen molar-refractivity contribution in [1.82, 2.24) is 4.98 Å². The average molecular weight is 361 g/mol. The van der Waals surface area contributed by atoms with E-state index in [2.05, 4.69) is 32.3 Å². The number of aromatic nitrogens is 1. The molecule has 0 fully saturated rings. The fraction of sp³-hybridized carbons (Fsp3) is 0.125. The quantitative estimate of drug-likeness (QED) is 0.736. The summed E-state index contributed by atoms with van der Waals surface area (Å²) in [5.74, 6) is 0.00681. The summed E-state index contributed by atoms with van der Waals surface area (Å²) in [7, 11) is 0. The fourth-order valence-corrected chi connectivity index (χ4v) is 3.40. The minimum atomic E-state index is 0.00681. The van der Waals surface area contributed by atoms with Gasteiger partial charge >= 0.3 is 0 Å². The van der Waals surface area contributed by atoms with Crippen LogP contribution >= 0.6 is 27.3 Å². The second-order valence-electron chi connectivity index (χ2n) is 4.63. The van der Waals surface area contributed by atoms with E-state index in [1.54, 1.807) is 11.3 Å². The molecule has 3 rings (SSSR count). The Morgan fingerprint density at radius 2 is 2.05 bits per heavy atom. The Hall–Kier alpha value is -1.72. The third-order valence-corrected chi connectivity index (χ3v) is 4.60. The first-order chi connectivity index (χ1) is 10.2. The predicted octanol–water partition coefficient (Wildman–Crippen LogP) is 4.63. The topological polar surface area (TPSA) is 42.0 Å². The maximum absolute atomic E-state index is 12.0. The van der Waals surface area contributed by atoms with Gasteiger partial charge in [-0.2, -0.15) is 0 Å². The molecule has 0 bridgehead atoms. The van der Waals surface area contributed by atoms with Crippen molar-refractivity contribution in [2.24, 2.45) is 0 Å². The molecule has 0 saturated carbocycles. The number of amides is 1. The van der Waals surface area contributed by atoms with Gasteiger partial charge in [-0.15, -0.1) is 11.3 Å². The standard InChI is InChI=1S/C16H13BrN2OS/c17-11-4-3-5-12(10-11)18-15(20)8-9-16-19-13-6-1-2-7-14(13)21-16/h1-7,10H,8-9H2,(H,18,20). The highest BCUT2D eigenvalue weighted by Gasteiger charge is 2.07. The fourth-order valence-electron chi connectivity index (χ4n) is 2.04. The van der Waals surface area contributed by atoms with Gasteiger partial charge in [0.2, 0.25) is 5.91 Å². The molecule has 1 heterocycles. The van der Waals surface area contributed by atoms with E-state index < -0.39 is 0 Å². The zero-order valence-corrected chi connectivity index (χ0v) is 13.6. The van der Waals surface area contributed by atoms with Crippen LogP contribution in [0, 0.1) is 0 Å². The average Bonchev–Trinajstić information content (AvgIpc) is 2.88. The van der Waals surface area contributed by atoms with Crippen LogP contribution in [-0.2, 0) is 11.2 Å². The SMILES string of the molecule is O=C(CCc1nc2ccccc2s1)Nc1cccc(Br)c1. The number of nitrogens with zero attached hydrogens (tertiary/aromatic N) is 1. The van der Waals surface area contributed by atoms with Crippen molar-refractivity contribution >= 4 is 49.1 Å². The molecule has 0 aliphatic heterocycles. The summed E-state index contributed by atoms with van der Waals surface area (Å²) in [6.45, 7) is 0. The van der Waals surface area contributed by atoms with Gasteiger partial charge in [-0.05, 0) is 30.3 Å². The second-order valence-corrected chi connectivity index (χ2v) is 6.66. The van der Waals surface area contributed by atoms with Crippen LogP contribution in [0.3, 0.4) is 0 Å². The van der Waals surface area contributed by atoms with Crippen molar-refractivity contribution in [3.8, 4) is 0 Å². The third kappa shape index (κ3) is 3.68. The molecule has 5 heteroatoms. The van der Waals surface area contributed by atoms with E-state index in [1.165, 1.54) is 4.70 Å². The zero-order chi connectivity index (χ0) is 14.7. The van der Waals surface area contributed by atoms with E-state index >= 15 is 0 Å². The Morgan fingerprint density at radius 1 is 1.19 bits per heavy atom. The molecule has 2 aromatic carbocycles. The summed E-state index contributed by atoms with van der Waals surface area (Å²) in [5.41, 5.74) is 1.81. The molecule has 0 aliphatic carbocycles. The van der Waals surface area contributed by atoms with Crippen LogP contribution < -0.4 is 5.32 Å². The number of carbonyl (C=O) groups excluding carboxylic acids is 1. The van der Waals surface area contributed by atoms with Crippen LogP contribution in [-0.4, -0.2) is 10.9 Å². The maximum atomic E-state index is 12.0. The summed E-state index contributed by atoms with van der Waals surface area (Å²) < 4.78 is 2.12. The molecule has 0 radical (unpaired) electrons. The number of hydrogen-bond donors (Lipinski definition) is 1. The Balaban J connectivity index is 1.60. The highest BCUT2D eigenvalue weighted by Crippen LogP contribution is 2.22. The lowest BCUT2D eigenvalue weighted by atomic mass is 10.2. The highest BCUT2D eigenvalue weighted by molar-refractivity contribution is 9.10. The maximum Gasteiger partial charge on any atom is 0.224 e. The number of halogens is 1. The number of thiazole rings is 1. The van der Waals surface area contributed by atoms with E-state index in [0.717, 1.165) is 20.7 Å². The number of carbonyl (C=O) groups is 1. The first-order valence-electron chi connectivity index (χ1n) is 6.60. The minimum absolute atomic E-state index is 0.00681. The van der Waals surface area contributed by atoms with Crippen molar-refractivity contribution in [2.45, 2.75) is 12.8 Å². The lowest BCUT2D eigenvalue weighted by Crippen LogP contribution is -2.12. The lowest BCUT2D eigenvalue weighted by molar-refractivity contribution is -0.116. The summed E-state index contributed by atoms with van der Waals surface area (Å²) in [6, 6.07) is 15.6. The molecule has 1 N–H and O–H groups in total. The molecule has 0 atom stereocenters. The molecule has 0 saturated heterocycles. The molecule has 106 valence electrons. The van der Waals surface area contributed by atoms with E-state index in [4.69, 9.17) is 0 Å². The van der Waals surface area contributed by atoms with Gasteiger partial charge in [-0.3, -0.25) is 4.79 Å². The first kappa shape index (κ1) is 14.2. The van der Waals surface area contributed by atoms with Gasteiger partial charge in [0.05, 0.1) is 15.2 Å². The van der Waals surface area contributed by atoms with Crippen LogP contribution in [0.5, 0.6) is 0 Å². The summed E-state index contributed by atoms with van der Waals surface area (Å²) in [4.78, 5) is 16.5. The molecule has 21 heavy (non-hydrogen) atoms. The largest absolute Gasteiger partial charge is 0.326 e. The monoisotopic (exact) mass is 360 g/mol. The highest BCUT2D eigenvalue weighted by atomic mass is 79.9. The van der Waals surface area contributed by atoms with Crippen LogP contribution in [0.2, 0.25) is 0 Å². The molecule has 1 amide bonds. The molecule has 3 aromatic rings. The number of fused-ring (bicyclic) bond motifs is 1. The Bertz CT molecular complexity index is 752. The van der Waals surface area contributed by atoms with E-state index in [0.29, 0.717) is 12.8 Å². The van der Waals surface area contributed by atoms with Crippen molar-refractivity contribution in [3.05, 3.63) is 58.0 Å². The molecular weight excluding hydrogens is 348 g/mol. The molecule has 3 nitrogen and oxygen atoms in total. The van der Waals surface area contributed by atoms with Crippen molar-refractivity contribution < 1.29 is 4.79 Å².